The second-order valence-corrected chi connectivity index (χ2v) is 14.0. The lowest BCUT2D eigenvalue weighted by Crippen LogP contribution is -2.54. The summed E-state index contributed by atoms with van der Waals surface area (Å²) in [6.45, 7) is 9.91. The summed E-state index contributed by atoms with van der Waals surface area (Å²) in [5.41, 5.74) is 1.59. The number of nitrogens with one attached hydrogen (secondary N) is 1. The van der Waals surface area contributed by atoms with Gasteiger partial charge in [0, 0.05) is 32.7 Å². The number of amides is 2. The zero-order valence-electron chi connectivity index (χ0n) is 23.8. The Kier molecular flexibility index (Phi) is 10.4. The first-order valence-electron chi connectivity index (χ1n) is 12.9. The summed E-state index contributed by atoms with van der Waals surface area (Å²) in [7, 11) is -4.23. The number of benzene rings is 3. The van der Waals surface area contributed by atoms with Crippen molar-refractivity contribution in [2.75, 3.05) is 10.8 Å². The molecule has 3 rings (SSSR count). The highest BCUT2D eigenvalue weighted by Gasteiger charge is 2.34. The molecule has 0 bridgehead atoms. The molecule has 0 heterocycles. The van der Waals surface area contributed by atoms with Gasteiger partial charge in [-0.15, -0.1) is 0 Å². The molecule has 0 saturated carbocycles. The van der Waals surface area contributed by atoms with Crippen LogP contribution in [0.2, 0.25) is 15.1 Å². The molecule has 3 aromatic carbocycles. The number of halogens is 3. The average molecular weight is 639 g/mol. The molecule has 3 aromatic rings. The van der Waals surface area contributed by atoms with Crippen molar-refractivity contribution >= 4 is 62.3 Å². The Bertz CT molecular complexity index is 1520. The number of hydrogen-bond acceptors (Lipinski definition) is 4. The van der Waals surface area contributed by atoms with Gasteiger partial charge in [0.1, 0.15) is 12.6 Å². The number of rotatable bonds is 9. The number of carbonyl (C=O) groups is 2. The van der Waals surface area contributed by atoms with Crippen LogP contribution in [0.25, 0.3) is 0 Å². The minimum absolute atomic E-state index is 0.00879. The molecule has 0 aliphatic heterocycles. The summed E-state index contributed by atoms with van der Waals surface area (Å²) in [6.07, 6.45) is 0. The topological polar surface area (TPSA) is 86.8 Å². The molecule has 0 saturated heterocycles. The fourth-order valence-electron chi connectivity index (χ4n) is 4.11. The Hall–Kier alpha value is -2.78. The van der Waals surface area contributed by atoms with Crippen molar-refractivity contribution in [1.29, 1.82) is 0 Å². The van der Waals surface area contributed by atoms with E-state index in [-0.39, 0.29) is 17.1 Å². The smallest absolute Gasteiger partial charge is 0.264 e. The molecular formula is C30H34Cl3N3O4S. The molecule has 0 aliphatic rings. The Labute approximate surface area is 257 Å². The van der Waals surface area contributed by atoms with Gasteiger partial charge in [0.15, 0.2) is 0 Å². The van der Waals surface area contributed by atoms with Crippen LogP contribution in [0.3, 0.4) is 0 Å². The number of nitrogens with zero attached hydrogens (tertiary/aromatic N) is 2. The van der Waals surface area contributed by atoms with Crippen molar-refractivity contribution in [3.8, 4) is 0 Å². The van der Waals surface area contributed by atoms with Crippen LogP contribution >= 0.6 is 34.8 Å². The maximum absolute atomic E-state index is 14.1. The normalized spacial score (nSPS) is 12.5. The van der Waals surface area contributed by atoms with E-state index in [9.17, 15) is 18.0 Å². The summed E-state index contributed by atoms with van der Waals surface area (Å²) in [4.78, 5) is 28.7. The van der Waals surface area contributed by atoms with Gasteiger partial charge >= 0.3 is 0 Å². The Balaban J connectivity index is 2.12. The first-order chi connectivity index (χ1) is 19.0. The lowest BCUT2D eigenvalue weighted by atomic mass is 10.1. The monoisotopic (exact) mass is 637 g/mol. The van der Waals surface area contributed by atoms with Crippen LogP contribution in [0.1, 0.15) is 44.4 Å². The van der Waals surface area contributed by atoms with E-state index < -0.39 is 40.0 Å². The lowest BCUT2D eigenvalue weighted by molar-refractivity contribution is -0.140. The minimum atomic E-state index is -4.23. The van der Waals surface area contributed by atoms with Gasteiger partial charge in [-0.3, -0.25) is 13.9 Å². The highest BCUT2D eigenvalue weighted by molar-refractivity contribution is 7.92. The van der Waals surface area contributed by atoms with Gasteiger partial charge in [0.25, 0.3) is 10.0 Å². The highest BCUT2D eigenvalue weighted by atomic mass is 35.5. The van der Waals surface area contributed by atoms with E-state index in [0.717, 1.165) is 9.87 Å². The molecule has 0 fully saturated rings. The average Bonchev–Trinajstić information content (AvgIpc) is 2.87. The highest BCUT2D eigenvalue weighted by Crippen LogP contribution is 2.31. The maximum Gasteiger partial charge on any atom is 0.264 e. The molecular weight excluding hydrogens is 605 g/mol. The Morgan fingerprint density at radius 1 is 0.927 bits per heavy atom. The first kappa shape index (κ1) is 32.7. The zero-order valence-corrected chi connectivity index (χ0v) is 26.9. The molecule has 11 heteroatoms. The van der Waals surface area contributed by atoms with Crippen LogP contribution in [0.4, 0.5) is 5.69 Å². The molecule has 0 unspecified atom stereocenters. The van der Waals surface area contributed by atoms with Crippen molar-refractivity contribution in [2.45, 2.75) is 64.6 Å². The fourth-order valence-corrected chi connectivity index (χ4v) is 6.27. The van der Waals surface area contributed by atoms with E-state index >= 15 is 0 Å². The lowest BCUT2D eigenvalue weighted by Gasteiger charge is -2.34. The first-order valence-corrected chi connectivity index (χ1v) is 15.5. The number of anilines is 1. The standard InChI is InChI=1S/C30H34Cl3N3O4S/c1-19-10-14-23(15-11-19)41(39,40)36(27-16-22(31)13-12-20(27)2)18-28(37)35(21(3)29(38)34-30(4,5)6)17-24-25(32)8-7-9-26(24)33/h7-16,21H,17-18H2,1-6H3,(H,34,38)/t21-/m1/s1. The zero-order chi connectivity index (χ0) is 30.7. The van der Waals surface area contributed by atoms with Gasteiger partial charge in [0.05, 0.1) is 10.6 Å². The third-order valence-corrected chi connectivity index (χ3v) is 9.10. The quantitative estimate of drug-likeness (QED) is 0.280. The van der Waals surface area contributed by atoms with Gasteiger partial charge < -0.3 is 10.2 Å². The predicted octanol–water partition coefficient (Wildman–Crippen LogP) is 6.79. The summed E-state index contributed by atoms with van der Waals surface area (Å²) in [5, 5.41) is 3.82. The second-order valence-electron chi connectivity index (χ2n) is 10.9. The van der Waals surface area contributed by atoms with Crippen LogP contribution in [-0.2, 0) is 26.2 Å². The van der Waals surface area contributed by atoms with E-state index in [4.69, 9.17) is 34.8 Å². The Morgan fingerprint density at radius 3 is 2.07 bits per heavy atom. The predicted molar refractivity (Wildman–Crippen MR) is 166 cm³/mol. The largest absolute Gasteiger partial charge is 0.350 e. The van der Waals surface area contributed by atoms with E-state index in [1.165, 1.54) is 23.1 Å². The summed E-state index contributed by atoms with van der Waals surface area (Å²) in [6, 6.07) is 15.1. The molecule has 0 spiro atoms. The van der Waals surface area contributed by atoms with Crippen molar-refractivity contribution in [3.63, 3.8) is 0 Å². The molecule has 41 heavy (non-hydrogen) atoms. The van der Waals surface area contributed by atoms with E-state index in [1.54, 1.807) is 56.3 Å². The second kappa shape index (κ2) is 13.0. The number of aryl methyl sites for hydroxylation is 2. The molecule has 2 amide bonds. The summed E-state index contributed by atoms with van der Waals surface area (Å²) >= 11 is 19.1. The van der Waals surface area contributed by atoms with Crippen molar-refractivity contribution in [3.05, 3.63) is 92.4 Å². The summed E-state index contributed by atoms with van der Waals surface area (Å²) < 4.78 is 29.1. The molecule has 0 aromatic heterocycles. The Morgan fingerprint density at radius 2 is 1.51 bits per heavy atom. The maximum atomic E-state index is 14.1. The molecule has 0 radical (unpaired) electrons. The van der Waals surface area contributed by atoms with Crippen LogP contribution in [-0.4, -0.2) is 43.3 Å². The van der Waals surface area contributed by atoms with Gasteiger partial charge in [-0.1, -0.05) is 64.6 Å². The van der Waals surface area contributed by atoms with Gasteiger partial charge in [-0.25, -0.2) is 8.42 Å². The minimum Gasteiger partial charge on any atom is -0.350 e. The van der Waals surface area contributed by atoms with Crippen LogP contribution in [0, 0.1) is 13.8 Å². The van der Waals surface area contributed by atoms with Crippen molar-refractivity contribution in [2.24, 2.45) is 0 Å². The molecule has 0 aliphatic carbocycles. The molecule has 7 nitrogen and oxygen atoms in total. The van der Waals surface area contributed by atoms with E-state index in [0.29, 0.717) is 26.2 Å². The van der Waals surface area contributed by atoms with E-state index in [1.807, 2.05) is 27.7 Å². The van der Waals surface area contributed by atoms with Crippen molar-refractivity contribution in [1.82, 2.24) is 10.2 Å². The SMILES string of the molecule is Cc1ccc(S(=O)(=O)N(CC(=O)N(Cc2c(Cl)cccc2Cl)[C@H](C)C(=O)NC(C)(C)C)c2cc(Cl)ccc2C)cc1. The third-order valence-electron chi connectivity index (χ3n) is 6.38. The van der Waals surface area contributed by atoms with Crippen molar-refractivity contribution < 1.29 is 18.0 Å². The van der Waals surface area contributed by atoms with Gasteiger partial charge in [-0.2, -0.15) is 0 Å². The third kappa shape index (κ3) is 8.16. The van der Waals surface area contributed by atoms with Gasteiger partial charge in [0.2, 0.25) is 11.8 Å². The molecule has 1 atom stereocenters. The molecule has 220 valence electrons. The summed E-state index contributed by atoms with van der Waals surface area (Å²) in [5.74, 6) is -1.05. The fraction of sp³-hybridized carbons (Fsp3) is 0.333. The number of hydrogen-bond donors (Lipinski definition) is 1. The van der Waals surface area contributed by atoms with Crippen LogP contribution in [0.5, 0.6) is 0 Å². The number of sulfonamides is 1. The number of carbonyl (C=O) groups excluding carboxylic acids is 2. The van der Waals surface area contributed by atoms with Gasteiger partial charge in [-0.05, 0) is 83.5 Å². The molecule has 1 N–H and O–H groups in total. The van der Waals surface area contributed by atoms with Crippen LogP contribution in [0.15, 0.2) is 65.6 Å². The van der Waals surface area contributed by atoms with Crippen LogP contribution < -0.4 is 9.62 Å². The van der Waals surface area contributed by atoms with E-state index in [2.05, 4.69) is 5.32 Å².